The number of carbonyl (C=O) groups is 1. The summed E-state index contributed by atoms with van der Waals surface area (Å²) in [5, 5.41) is 0. The van der Waals surface area contributed by atoms with Crippen molar-refractivity contribution in [2.45, 2.75) is 40.0 Å². The highest BCUT2D eigenvalue weighted by atomic mass is 16.2. The lowest BCUT2D eigenvalue weighted by molar-refractivity contribution is -0.128. The lowest BCUT2D eigenvalue weighted by atomic mass is 10.4. The van der Waals surface area contributed by atoms with Crippen molar-refractivity contribution in [2.75, 3.05) is 34.2 Å². The standard InChI is InChI=1S/C5H11NO.C5H11N.C2H6/c1-4-5(7)6(2)3;1-6-4-2-3-5-6;1-2/h4H2,1-3H3;2-5H2,1H3;1-2H3. The monoisotopic (exact) mass is 216 g/mol. The topological polar surface area (TPSA) is 23.6 Å². The summed E-state index contributed by atoms with van der Waals surface area (Å²) in [5.41, 5.74) is 0. The summed E-state index contributed by atoms with van der Waals surface area (Å²) in [6.45, 7) is 8.49. The van der Waals surface area contributed by atoms with Crippen LogP contribution in [0.4, 0.5) is 0 Å². The highest BCUT2D eigenvalue weighted by Gasteiger charge is 2.03. The molecule has 0 bridgehead atoms. The summed E-state index contributed by atoms with van der Waals surface area (Å²) in [7, 11) is 5.69. The Hall–Kier alpha value is -0.570. The highest BCUT2D eigenvalue weighted by molar-refractivity contribution is 5.75. The third-order valence-corrected chi connectivity index (χ3v) is 2.13. The first-order valence-electron chi connectivity index (χ1n) is 5.96. The molecule has 0 unspecified atom stereocenters. The van der Waals surface area contributed by atoms with Gasteiger partial charge in [-0.15, -0.1) is 0 Å². The zero-order chi connectivity index (χ0) is 12.3. The van der Waals surface area contributed by atoms with Gasteiger partial charge in [0.25, 0.3) is 0 Å². The summed E-state index contributed by atoms with van der Waals surface area (Å²) >= 11 is 0. The second-order valence-electron chi connectivity index (χ2n) is 3.65. The van der Waals surface area contributed by atoms with Crippen molar-refractivity contribution in [1.82, 2.24) is 9.80 Å². The van der Waals surface area contributed by atoms with Gasteiger partial charge in [-0.3, -0.25) is 4.79 Å². The molecule has 0 aromatic carbocycles. The zero-order valence-corrected chi connectivity index (χ0v) is 11.3. The van der Waals surface area contributed by atoms with E-state index in [1.54, 1.807) is 19.0 Å². The van der Waals surface area contributed by atoms with Crippen LogP contribution in [0.2, 0.25) is 0 Å². The number of hydrogen-bond acceptors (Lipinski definition) is 2. The van der Waals surface area contributed by atoms with Crippen molar-refractivity contribution >= 4 is 5.91 Å². The van der Waals surface area contributed by atoms with Crippen molar-refractivity contribution in [2.24, 2.45) is 0 Å². The Bertz CT molecular complexity index is 141. The molecule has 0 atom stereocenters. The fourth-order valence-electron chi connectivity index (χ4n) is 1.19. The van der Waals surface area contributed by atoms with Crippen LogP contribution in [0, 0.1) is 0 Å². The maximum Gasteiger partial charge on any atom is 0.221 e. The average Bonchev–Trinajstić information content (AvgIpc) is 2.71. The van der Waals surface area contributed by atoms with Gasteiger partial charge in [-0.1, -0.05) is 20.8 Å². The Labute approximate surface area is 95.4 Å². The molecule has 1 aliphatic heterocycles. The fraction of sp³-hybridized carbons (Fsp3) is 0.917. The van der Waals surface area contributed by atoms with Crippen LogP contribution in [0.5, 0.6) is 0 Å². The van der Waals surface area contributed by atoms with Crippen LogP contribution >= 0.6 is 0 Å². The van der Waals surface area contributed by atoms with E-state index in [4.69, 9.17) is 0 Å². The van der Waals surface area contributed by atoms with E-state index < -0.39 is 0 Å². The molecular formula is C12H28N2O. The molecule has 0 aliphatic carbocycles. The first-order chi connectivity index (χ1) is 7.07. The molecule has 0 spiro atoms. The third-order valence-electron chi connectivity index (χ3n) is 2.13. The molecule has 1 fully saturated rings. The largest absolute Gasteiger partial charge is 0.349 e. The van der Waals surface area contributed by atoms with E-state index in [1.165, 1.54) is 25.9 Å². The molecule has 1 rings (SSSR count). The zero-order valence-electron chi connectivity index (χ0n) is 11.3. The SMILES string of the molecule is CC.CCC(=O)N(C)C.CN1CCCC1. The fourth-order valence-corrected chi connectivity index (χ4v) is 1.19. The molecule has 0 aromatic rings. The predicted octanol–water partition coefficient (Wildman–Crippen LogP) is 2.22. The molecule has 0 N–H and O–H groups in total. The minimum Gasteiger partial charge on any atom is -0.349 e. The Morgan fingerprint density at radius 2 is 1.60 bits per heavy atom. The minimum atomic E-state index is 0.181. The summed E-state index contributed by atoms with van der Waals surface area (Å²) < 4.78 is 0. The number of likely N-dealkylation sites (tertiary alicyclic amines) is 1. The summed E-state index contributed by atoms with van der Waals surface area (Å²) in [6, 6.07) is 0. The maximum atomic E-state index is 10.4. The number of carbonyl (C=O) groups excluding carboxylic acids is 1. The second-order valence-corrected chi connectivity index (χ2v) is 3.65. The maximum absolute atomic E-state index is 10.4. The summed E-state index contributed by atoms with van der Waals surface area (Å²) in [5.74, 6) is 0.181. The lowest BCUT2D eigenvalue weighted by Gasteiger charge is -2.05. The molecule has 1 heterocycles. The van der Waals surface area contributed by atoms with Gasteiger partial charge in [-0.05, 0) is 33.0 Å². The lowest BCUT2D eigenvalue weighted by Crippen LogP contribution is -2.19. The Morgan fingerprint density at radius 3 is 1.67 bits per heavy atom. The smallest absolute Gasteiger partial charge is 0.221 e. The van der Waals surface area contributed by atoms with Crippen molar-refractivity contribution in [3.8, 4) is 0 Å². The van der Waals surface area contributed by atoms with Crippen molar-refractivity contribution in [1.29, 1.82) is 0 Å². The molecular weight excluding hydrogens is 188 g/mol. The molecule has 3 heteroatoms. The van der Waals surface area contributed by atoms with E-state index in [2.05, 4.69) is 11.9 Å². The van der Waals surface area contributed by atoms with Crippen LogP contribution in [-0.4, -0.2) is 49.9 Å². The Morgan fingerprint density at radius 1 is 1.20 bits per heavy atom. The van der Waals surface area contributed by atoms with Gasteiger partial charge < -0.3 is 9.80 Å². The van der Waals surface area contributed by atoms with Crippen molar-refractivity contribution < 1.29 is 4.79 Å². The van der Waals surface area contributed by atoms with E-state index in [0.717, 1.165) is 0 Å². The predicted molar refractivity (Wildman–Crippen MR) is 67.1 cm³/mol. The molecule has 15 heavy (non-hydrogen) atoms. The summed E-state index contributed by atoms with van der Waals surface area (Å²) in [4.78, 5) is 14.4. The first-order valence-corrected chi connectivity index (χ1v) is 5.96. The van der Waals surface area contributed by atoms with Crippen molar-refractivity contribution in [3.63, 3.8) is 0 Å². The van der Waals surface area contributed by atoms with Crippen LogP contribution in [0.1, 0.15) is 40.0 Å². The quantitative estimate of drug-likeness (QED) is 0.671. The van der Waals surface area contributed by atoms with Gasteiger partial charge >= 0.3 is 0 Å². The Kier molecular flexibility index (Phi) is 12.9. The van der Waals surface area contributed by atoms with Gasteiger partial charge in [0, 0.05) is 20.5 Å². The Balaban J connectivity index is 0. The van der Waals surface area contributed by atoms with E-state index in [1.807, 2.05) is 20.8 Å². The number of nitrogens with zero attached hydrogens (tertiary/aromatic N) is 2. The second kappa shape index (κ2) is 11.5. The molecule has 1 saturated heterocycles. The minimum absolute atomic E-state index is 0.181. The summed E-state index contributed by atoms with van der Waals surface area (Å²) in [6.07, 6.45) is 3.43. The van der Waals surface area contributed by atoms with Gasteiger partial charge in [0.15, 0.2) is 0 Å². The molecule has 1 aliphatic rings. The normalized spacial score (nSPS) is 14.5. The van der Waals surface area contributed by atoms with Gasteiger partial charge in [0.2, 0.25) is 5.91 Å². The van der Waals surface area contributed by atoms with Crippen molar-refractivity contribution in [3.05, 3.63) is 0 Å². The van der Waals surface area contributed by atoms with Crippen LogP contribution in [0.15, 0.2) is 0 Å². The van der Waals surface area contributed by atoms with Gasteiger partial charge in [0.1, 0.15) is 0 Å². The van der Waals surface area contributed by atoms with Gasteiger partial charge in [-0.25, -0.2) is 0 Å². The van der Waals surface area contributed by atoms with E-state index in [9.17, 15) is 4.79 Å². The number of hydrogen-bond donors (Lipinski definition) is 0. The molecule has 1 amide bonds. The third kappa shape index (κ3) is 11.4. The van der Waals surface area contributed by atoms with E-state index in [0.29, 0.717) is 6.42 Å². The van der Waals surface area contributed by atoms with Crippen LogP contribution in [-0.2, 0) is 4.79 Å². The molecule has 92 valence electrons. The van der Waals surface area contributed by atoms with Gasteiger partial charge in [-0.2, -0.15) is 0 Å². The average molecular weight is 216 g/mol. The van der Waals surface area contributed by atoms with E-state index >= 15 is 0 Å². The van der Waals surface area contributed by atoms with Crippen LogP contribution in [0.3, 0.4) is 0 Å². The molecule has 3 nitrogen and oxygen atoms in total. The highest BCUT2D eigenvalue weighted by Crippen LogP contribution is 2.02. The first kappa shape index (κ1) is 16.8. The van der Waals surface area contributed by atoms with Gasteiger partial charge in [0.05, 0.1) is 0 Å². The van der Waals surface area contributed by atoms with Crippen LogP contribution < -0.4 is 0 Å². The van der Waals surface area contributed by atoms with E-state index in [-0.39, 0.29) is 5.91 Å². The molecule has 0 aromatic heterocycles. The van der Waals surface area contributed by atoms with Crippen LogP contribution in [0.25, 0.3) is 0 Å². The molecule has 0 radical (unpaired) electrons. The number of rotatable bonds is 1. The number of amides is 1. The molecule has 0 saturated carbocycles.